The van der Waals surface area contributed by atoms with Gasteiger partial charge in [-0.05, 0) is 73.5 Å². The van der Waals surface area contributed by atoms with Crippen LogP contribution in [0.25, 0.3) is 0 Å². The van der Waals surface area contributed by atoms with Crippen molar-refractivity contribution < 1.29 is 22.8 Å². The first-order valence-electron chi connectivity index (χ1n) is 10.4. The average molecular weight is 478 g/mol. The van der Waals surface area contributed by atoms with Crippen LogP contribution in [-0.4, -0.2) is 44.5 Å². The van der Waals surface area contributed by atoms with E-state index in [0.717, 1.165) is 20.3 Å². The highest BCUT2D eigenvalue weighted by atomic mass is 32.2. The number of sulfonamides is 1. The lowest BCUT2D eigenvalue weighted by atomic mass is 10.1. The van der Waals surface area contributed by atoms with E-state index in [4.69, 9.17) is 0 Å². The minimum absolute atomic E-state index is 0.101. The van der Waals surface area contributed by atoms with Gasteiger partial charge < -0.3 is 5.32 Å². The van der Waals surface area contributed by atoms with Gasteiger partial charge in [-0.25, -0.2) is 17.6 Å². The quantitative estimate of drug-likeness (QED) is 0.566. The number of nitrogens with zero attached hydrogens (tertiary/aromatic N) is 2. The molecule has 9 heteroatoms. The number of fused-ring (bicyclic) bond motifs is 1. The van der Waals surface area contributed by atoms with Gasteiger partial charge in [0.05, 0.1) is 21.7 Å². The lowest BCUT2D eigenvalue weighted by Crippen LogP contribution is -2.30. The highest BCUT2D eigenvalue weighted by molar-refractivity contribution is 7.89. The number of carbonyl (C=O) groups is 3. The van der Waals surface area contributed by atoms with E-state index in [1.807, 2.05) is 26.0 Å². The molecule has 0 fully saturated rings. The number of hydrogen-bond donors (Lipinski definition) is 1. The molecule has 0 aromatic heterocycles. The number of benzene rings is 3. The van der Waals surface area contributed by atoms with Crippen molar-refractivity contribution in [2.45, 2.75) is 18.7 Å². The molecule has 0 saturated carbocycles. The van der Waals surface area contributed by atoms with E-state index in [2.05, 4.69) is 5.32 Å². The maximum Gasteiger partial charge on any atom is 0.266 e. The third-order valence-corrected chi connectivity index (χ3v) is 7.47. The normalized spacial score (nSPS) is 13.4. The van der Waals surface area contributed by atoms with Crippen LogP contribution in [0.15, 0.2) is 65.6 Å². The monoisotopic (exact) mass is 477 g/mol. The molecule has 0 spiro atoms. The van der Waals surface area contributed by atoms with Gasteiger partial charge in [-0.15, -0.1) is 0 Å². The molecule has 1 N–H and O–H groups in total. The average Bonchev–Trinajstić information content (AvgIpc) is 3.05. The standard InChI is InChI=1S/C25H23N3O5S/c1-15-5-6-16(2)22(13-15)28-24(30)20-12-7-17(14-21(20)25(28)31)23(29)26-18-8-10-19(11-9-18)34(32,33)27(3)4/h5-14H,1-4H3,(H,26,29). The summed E-state index contributed by atoms with van der Waals surface area (Å²) in [5.41, 5.74) is 3.21. The van der Waals surface area contributed by atoms with E-state index in [0.29, 0.717) is 11.4 Å². The molecule has 8 nitrogen and oxygen atoms in total. The van der Waals surface area contributed by atoms with Crippen molar-refractivity contribution in [1.29, 1.82) is 0 Å². The predicted molar refractivity (Wildman–Crippen MR) is 129 cm³/mol. The molecular weight excluding hydrogens is 454 g/mol. The zero-order chi connectivity index (χ0) is 24.8. The molecule has 0 saturated heterocycles. The Morgan fingerprint density at radius 3 is 2.15 bits per heavy atom. The third-order valence-electron chi connectivity index (χ3n) is 5.65. The highest BCUT2D eigenvalue weighted by Gasteiger charge is 2.37. The number of imide groups is 1. The molecule has 3 amide bonds. The maximum atomic E-state index is 13.1. The minimum Gasteiger partial charge on any atom is -0.322 e. The van der Waals surface area contributed by atoms with Crippen molar-refractivity contribution in [2.75, 3.05) is 24.3 Å². The lowest BCUT2D eigenvalue weighted by Gasteiger charge is -2.17. The van der Waals surface area contributed by atoms with Crippen LogP contribution in [0, 0.1) is 13.8 Å². The van der Waals surface area contributed by atoms with Gasteiger partial charge in [-0.3, -0.25) is 14.4 Å². The van der Waals surface area contributed by atoms with E-state index in [1.165, 1.54) is 56.6 Å². The van der Waals surface area contributed by atoms with Gasteiger partial charge in [-0.2, -0.15) is 0 Å². The molecule has 174 valence electrons. The second kappa shape index (κ2) is 8.51. The molecule has 0 aliphatic carbocycles. The van der Waals surface area contributed by atoms with Crippen LogP contribution in [0.2, 0.25) is 0 Å². The van der Waals surface area contributed by atoms with Gasteiger partial charge in [0.25, 0.3) is 17.7 Å². The first-order valence-corrected chi connectivity index (χ1v) is 11.9. The van der Waals surface area contributed by atoms with Crippen LogP contribution in [-0.2, 0) is 10.0 Å². The summed E-state index contributed by atoms with van der Waals surface area (Å²) in [7, 11) is -0.706. The molecule has 0 bridgehead atoms. The molecule has 0 radical (unpaired) electrons. The molecule has 0 unspecified atom stereocenters. The van der Waals surface area contributed by atoms with E-state index in [-0.39, 0.29) is 21.6 Å². The fraction of sp³-hybridized carbons (Fsp3) is 0.160. The molecule has 3 aromatic rings. The van der Waals surface area contributed by atoms with Gasteiger partial charge in [0, 0.05) is 25.3 Å². The zero-order valence-electron chi connectivity index (χ0n) is 19.1. The minimum atomic E-state index is -3.58. The van der Waals surface area contributed by atoms with Gasteiger partial charge in [0.15, 0.2) is 0 Å². The molecule has 3 aromatic carbocycles. The Hall–Kier alpha value is -3.82. The topological polar surface area (TPSA) is 104 Å². The van der Waals surface area contributed by atoms with Crippen molar-refractivity contribution in [3.8, 4) is 0 Å². The molecule has 0 atom stereocenters. The Labute approximate surface area is 197 Å². The number of hydrogen-bond acceptors (Lipinski definition) is 5. The van der Waals surface area contributed by atoms with Crippen LogP contribution in [0.5, 0.6) is 0 Å². The van der Waals surface area contributed by atoms with Crippen LogP contribution in [0.3, 0.4) is 0 Å². The number of anilines is 2. The first kappa shape index (κ1) is 23.3. The number of carbonyl (C=O) groups excluding carboxylic acids is 3. The molecule has 34 heavy (non-hydrogen) atoms. The van der Waals surface area contributed by atoms with Crippen LogP contribution >= 0.6 is 0 Å². The molecule has 1 heterocycles. The Morgan fingerprint density at radius 1 is 0.853 bits per heavy atom. The summed E-state index contributed by atoms with van der Waals surface area (Å²) in [6.07, 6.45) is 0. The van der Waals surface area contributed by atoms with Gasteiger partial charge in [0.2, 0.25) is 10.0 Å². The van der Waals surface area contributed by atoms with E-state index < -0.39 is 27.7 Å². The first-order chi connectivity index (χ1) is 16.0. The largest absolute Gasteiger partial charge is 0.322 e. The summed E-state index contributed by atoms with van der Waals surface area (Å²) in [5, 5.41) is 2.69. The van der Waals surface area contributed by atoms with Crippen LogP contribution < -0.4 is 10.2 Å². The SMILES string of the molecule is Cc1ccc(C)c(N2C(=O)c3ccc(C(=O)Nc4ccc(S(=O)(=O)N(C)C)cc4)cc3C2=O)c1. The highest BCUT2D eigenvalue weighted by Crippen LogP contribution is 2.32. The number of aryl methyl sites for hydroxylation is 2. The van der Waals surface area contributed by atoms with Gasteiger partial charge in [0.1, 0.15) is 0 Å². The summed E-state index contributed by atoms with van der Waals surface area (Å²) >= 11 is 0. The Kier molecular flexibility index (Phi) is 5.84. The zero-order valence-corrected chi connectivity index (χ0v) is 19.9. The summed E-state index contributed by atoms with van der Waals surface area (Å²) in [5.74, 6) is -1.41. The Balaban J connectivity index is 1.58. The Bertz CT molecular complexity index is 1440. The lowest BCUT2D eigenvalue weighted by molar-refractivity contribution is 0.0925. The second-order valence-corrected chi connectivity index (χ2v) is 10.4. The predicted octanol–water partition coefficient (Wildman–Crippen LogP) is 3.61. The molecule has 1 aliphatic heterocycles. The van der Waals surface area contributed by atoms with Crippen LogP contribution in [0.1, 0.15) is 42.2 Å². The fourth-order valence-corrected chi connectivity index (χ4v) is 4.59. The van der Waals surface area contributed by atoms with Crippen molar-refractivity contribution >= 4 is 39.1 Å². The summed E-state index contributed by atoms with van der Waals surface area (Å²) in [4.78, 5) is 40.1. The van der Waals surface area contributed by atoms with E-state index in [9.17, 15) is 22.8 Å². The fourth-order valence-electron chi connectivity index (χ4n) is 3.69. The Morgan fingerprint density at radius 2 is 1.50 bits per heavy atom. The van der Waals surface area contributed by atoms with Gasteiger partial charge in [-0.1, -0.05) is 12.1 Å². The molecular formula is C25H23N3O5S. The number of rotatable bonds is 5. The smallest absolute Gasteiger partial charge is 0.266 e. The van der Waals surface area contributed by atoms with Crippen LogP contribution in [0.4, 0.5) is 11.4 Å². The van der Waals surface area contributed by atoms with E-state index in [1.54, 1.807) is 6.07 Å². The van der Waals surface area contributed by atoms with Crippen molar-refractivity contribution in [1.82, 2.24) is 4.31 Å². The van der Waals surface area contributed by atoms with E-state index >= 15 is 0 Å². The third kappa shape index (κ3) is 4.00. The summed E-state index contributed by atoms with van der Waals surface area (Å²) < 4.78 is 25.5. The number of nitrogens with one attached hydrogen (secondary N) is 1. The summed E-state index contributed by atoms with van der Waals surface area (Å²) in [6, 6.07) is 15.7. The number of amides is 3. The molecule has 1 aliphatic rings. The van der Waals surface area contributed by atoms with Crippen molar-refractivity contribution in [3.05, 3.63) is 88.5 Å². The second-order valence-electron chi connectivity index (χ2n) is 8.26. The van der Waals surface area contributed by atoms with Gasteiger partial charge >= 0.3 is 0 Å². The summed E-state index contributed by atoms with van der Waals surface area (Å²) in [6.45, 7) is 3.71. The van der Waals surface area contributed by atoms with Crippen molar-refractivity contribution in [3.63, 3.8) is 0 Å². The molecule has 4 rings (SSSR count). The van der Waals surface area contributed by atoms with Crippen molar-refractivity contribution in [2.24, 2.45) is 0 Å². The maximum absolute atomic E-state index is 13.1.